The van der Waals surface area contributed by atoms with E-state index in [0.717, 1.165) is 5.56 Å². The highest BCUT2D eigenvalue weighted by Crippen LogP contribution is 2.60. The second kappa shape index (κ2) is 7.19. The van der Waals surface area contributed by atoms with Crippen molar-refractivity contribution >= 4 is 81.2 Å². The van der Waals surface area contributed by atoms with Crippen LogP contribution in [0.4, 0.5) is 0 Å². The van der Waals surface area contributed by atoms with Crippen LogP contribution in [0, 0.1) is 0 Å². The zero-order valence-electron chi connectivity index (χ0n) is 9.98. The fourth-order valence-electron chi connectivity index (χ4n) is 1.52. The van der Waals surface area contributed by atoms with Crippen molar-refractivity contribution in [2.24, 2.45) is 0 Å². The van der Waals surface area contributed by atoms with Gasteiger partial charge in [-0.15, -0.1) is 0 Å². The second-order valence-corrected chi connectivity index (χ2v) is 9.09. The summed E-state index contributed by atoms with van der Waals surface area (Å²) in [6.45, 7) is -0.129. The average Bonchev–Trinajstić information content (AvgIpc) is 2.35. The molecule has 113 valence electrons. The highest BCUT2D eigenvalue weighted by molar-refractivity contribution is 6.78. The summed E-state index contributed by atoms with van der Waals surface area (Å²) in [4.78, 5) is 0. The number of hydrogen-bond acceptors (Lipinski definition) is 0. The predicted molar refractivity (Wildman–Crippen MR) is 88.4 cm³/mol. The lowest BCUT2D eigenvalue weighted by Gasteiger charge is -2.37. The molecule has 0 fully saturated rings. The van der Waals surface area contributed by atoms with Gasteiger partial charge in [0, 0.05) is 0 Å². The monoisotopic (exact) mass is 415 g/mol. The molecular weight excluding hydrogens is 408 g/mol. The van der Waals surface area contributed by atoms with E-state index < -0.39 is 12.5 Å². The topological polar surface area (TPSA) is 19.9 Å². The van der Waals surface area contributed by atoms with Gasteiger partial charge >= 0.3 is 0 Å². The third-order valence-electron chi connectivity index (χ3n) is 2.68. The summed E-state index contributed by atoms with van der Waals surface area (Å²) in [5.74, 6) is 0. The smallest absolute Gasteiger partial charge is 0.226 e. The molecule has 0 aromatic heterocycles. The van der Waals surface area contributed by atoms with E-state index in [9.17, 15) is 5.11 Å². The average molecular weight is 418 g/mol. The summed E-state index contributed by atoms with van der Waals surface area (Å²) in [6.07, 6.45) is 1.22. The number of aryl methyl sites for hydroxylation is 1. The van der Waals surface area contributed by atoms with Crippen LogP contribution in [0.15, 0.2) is 24.3 Å². The standard InChI is InChI=1S/C12H10Cl7O/c13-10(14,11(15,16)12(17,18)19)9-5-3-8(4-6-9)2-1-7-20/h3-6H,1-2,7H2. The number of benzene rings is 1. The minimum absolute atomic E-state index is 0.129. The van der Waals surface area contributed by atoms with E-state index in [-0.39, 0.29) is 6.61 Å². The van der Waals surface area contributed by atoms with Gasteiger partial charge in [-0.2, -0.15) is 0 Å². The van der Waals surface area contributed by atoms with Gasteiger partial charge in [0.15, 0.2) is 4.33 Å². The Hall–Kier alpha value is 1.21. The molecule has 20 heavy (non-hydrogen) atoms. The fraction of sp³-hybridized carbons (Fsp3) is 0.500. The van der Waals surface area contributed by atoms with Crippen molar-refractivity contribution in [3.05, 3.63) is 35.4 Å². The Balaban J connectivity index is 3.04. The van der Waals surface area contributed by atoms with Gasteiger partial charge in [-0.1, -0.05) is 105 Å². The zero-order valence-corrected chi connectivity index (χ0v) is 15.3. The second-order valence-electron chi connectivity index (χ2n) is 4.15. The Labute approximate surface area is 153 Å². The van der Waals surface area contributed by atoms with Crippen molar-refractivity contribution in [1.82, 2.24) is 0 Å². The molecule has 0 aliphatic carbocycles. The van der Waals surface area contributed by atoms with Crippen molar-refractivity contribution in [3.8, 4) is 0 Å². The molecule has 0 unspecified atom stereocenters. The van der Waals surface area contributed by atoms with E-state index in [4.69, 9.17) is 81.2 Å². The van der Waals surface area contributed by atoms with Crippen molar-refractivity contribution in [2.45, 2.75) is 25.3 Å². The molecule has 0 spiro atoms. The Kier molecular flexibility index (Phi) is 6.92. The van der Waals surface area contributed by atoms with Gasteiger partial charge in [0.05, 0.1) is 6.61 Å². The van der Waals surface area contributed by atoms with E-state index in [0.29, 0.717) is 18.4 Å². The van der Waals surface area contributed by atoms with Crippen molar-refractivity contribution in [1.29, 1.82) is 0 Å². The maximum Gasteiger partial charge on any atom is 0.226 e. The molecule has 1 nitrogen and oxygen atoms in total. The van der Waals surface area contributed by atoms with Crippen LogP contribution in [0.5, 0.6) is 0 Å². The van der Waals surface area contributed by atoms with E-state index in [2.05, 4.69) is 0 Å². The molecular formula is C12H10Cl7O. The Bertz CT molecular complexity index is 436. The molecule has 0 N–H and O–H groups in total. The van der Waals surface area contributed by atoms with Gasteiger partial charge in [-0.3, -0.25) is 0 Å². The molecule has 0 saturated carbocycles. The molecule has 0 saturated heterocycles. The molecule has 0 atom stereocenters. The molecule has 0 heterocycles. The summed E-state index contributed by atoms with van der Waals surface area (Å²) in [6, 6.07) is 6.81. The molecule has 8 heteroatoms. The maximum absolute atomic E-state index is 10.5. The Morgan fingerprint density at radius 3 is 1.75 bits per heavy atom. The van der Waals surface area contributed by atoms with E-state index >= 15 is 0 Å². The highest BCUT2D eigenvalue weighted by atomic mass is 35.6. The van der Waals surface area contributed by atoms with E-state index in [1.807, 2.05) is 0 Å². The van der Waals surface area contributed by atoms with Crippen molar-refractivity contribution < 1.29 is 5.11 Å². The Morgan fingerprint density at radius 1 is 0.850 bits per heavy atom. The molecule has 1 radical (unpaired) electrons. The fourth-order valence-corrected chi connectivity index (χ4v) is 2.99. The van der Waals surface area contributed by atoms with Crippen molar-refractivity contribution in [2.75, 3.05) is 6.61 Å². The van der Waals surface area contributed by atoms with Crippen LogP contribution in [0.3, 0.4) is 0 Å². The van der Waals surface area contributed by atoms with Crippen molar-refractivity contribution in [3.63, 3.8) is 0 Å². The lowest BCUT2D eigenvalue weighted by atomic mass is 10.0. The van der Waals surface area contributed by atoms with Gasteiger partial charge in [0.1, 0.15) is 0 Å². The minimum atomic E-state index is -2.08. The van der Waals surface area contributed by atoms with Crippen LogP contribution in [0.2, 0.25) is 0 Å². The molecule has 0 amide bonds. The summed E-state index contributed by atoms with van der Waals surface area (Å²) in [5.41, 5.74) is 1.36. The van der Waals surface area contributed by atoms with Crippen LogP contribution < -0.4 is 0 Å². The molecule has 1 aromatic rings. The first-order chi connectivity index (χ1) is 9.04. The maximum atomic E-state index is 10.5. The number of alkyl halides is 7. The molecule has 0 aliphatic heterocycles. The third kappa shape index (κ3) is 4.14. The number of hydrogen-bond donors (Lipinski definition) is 0. The van der Waals surface area contributed by atoms with Gasteiger partial charge in [0.25, 0.3) is 0 Å². The largest absolute Gasteiger partial charge is 0.237 e. The highest BCUT2D eigenvalue weighted by Gasteiger charge is 2.60. The van der Waals surface area contributed by atoms with Gasteiger partial charge < -0.3 is 0 Å². The van der Waals surface area contributed by atoms with Crippen LogP contribution in [0.1, 0.15) is 17.5 Å². The zero-order chi connectivity index (χ0) is 15.6. The van der Waals surface area contributed by atoms with Gasteiger partial charge in [0.2, 0.25) is 8.13 Å². The third-order valence-corrected chi connectivity index (χ3v) is 6.63. The summed E-state index contributed by atoms with van der Waals surface area (Å²) in [5, 5.41) is 10.5. The first-order valence-corrected chi connectivity index (χ1v) is 8.18. The summed E-state index contributed by atoms with van der Waals surface area (Å²) in [7, 11) is 0. The van der Waals surface area contributed by atoms with Crippen LogP contribution in [-0.4, -0.2) is 14.7 Å². The predicted octanol–water partition coefficient (Wildman–Crippen LogP) is 6.22. The summed E-state index contributed by atoms with van der Waals surface area (Å²) < 4.78 is -5.95. The number of rotatable bonds is 5. The molecule has 1 aromatic carbocycles. The lowest BCUT2D eigenvalue weighted by Crippen LogP contribution is -2.45. The van der Waals surface area contributed by atoms with E-state index in [1.54, 1.807) is 24.3 Å². The van der Waals surface area contributed by atoms with Crippen LogP contribution in [0.25, 0.3) is 0 Å². The van der Waals surface area contributed by atoms with Gasteiger partial charge in [-0.25, -0.2) is 5.11 Å². The minimum Gasteiger partial charge on any atom is -0.237 e. The molecule has 0 aliphatic rings. The Morgan fingerprint density at radius 2 is 1.35 bits per heavy atom. The number of halogens is 7. The van der Waals surface area contributed by atoms with Gasteiger partial charge in [-0.05, 0) is 24.0 Å². The van der Waals surface area contributed by atoms with E-state index in [1.165, 1.54) is 0 Å². The normalized spacial score (nSPS) is 13.6. The quantitative estimate of drug-likeness (QED) is 0.506. The SMILES string of the molecule is [O]CCCc1ccc(C(Cl)(Cl)C(Cl)(Cl)C(Cl)(Cl)Cl)cc1. The first-order valence-electron chi connectivity index (χ1n) is 5.54. The first kappa shape index (κ1) is 19.3. The van der Waals surface area contributed by atoms with Crippen LogP contribution >= 0.6 is 81.2 Å². The lowest BCUT2D eigenvalue weighted by molar-refractivity contribution is 0.189. The summed E-state index contributed by atoms with van der Waals surface area (Å²) >= 11 is 41.6. The molecule has 0 bridgehead atoms. The molecule has 1 rings (SSSR count). The van der Waals surface area contributed by atoms with Crippen LogP contribution in [-0.2, 0) is 15.9 Å².